The van der Waals surface area contributed by atoms with Crippen LogP contribution in [0.25, 0.3) is 0 Å². The molecule has 26 heavy (non-hydrogen) atoms. The predicted octanol–water partition coefficient (Wildman–Crippen LogP) is 1.38. The molecule has 0 amide bonds. The van der Waals surface area contributed by atoms with Gasteiger partial charge < -0.3 is 24.8 Å². The van der Waals surface area contributed by atoms with Crippen molar-refractivity contribution in [1.29, 1.82) is 0 Å². The van der Waals surface area contributed by atoms with Crippen LogP contribution in [0.1, 0.15) is 27.2 Å². The fraction of sp³-hybridized carbons (Fsp3) is 0.550. The molecule has 1 aliphatic carbocycles. The van der Waals surface area contributed by atoms with E-state index < -0.39 is 17.5 Å². The molecule has 0 bridgehead atoms. The fourth-order valence-corrected chi connectivity index (χ4v) is 1.78. The van der Waals surface area contributed by atoms with Crippen molar-refractivity contribution in [3.8, 4) is 24.7 Å². The molecule has 4 unspecified atom stereocenters. The van der Waals surface area contributed by atoms with Gasteiger partial charge >= 0.3 is 5.97 Å². The zero-order chi connectivity index (χ0) is 20.2. The van der Waals surface area contributed by atoms with Crippen LogP contribution in [0.2, 0.25) is 0 Å². The van der Waals surface area contributed by atoms with Gasteiger partial charge in [-0.15, -0.1) is 12.8 Å². The first-order chi connectivity index (χ1) is 12.2. The average Bonchev–Trinajstić information content (AvgIpc) is 2.64. The number of aliphatic hydroxyl groups is 2. The molecule has 0 aromatic heterocycles. The summed E-state index contributed by atoms with van der Waals surface area (Å²) >= 11 is 0. The number of ether oxygens (including phenoxy) is 2. The van der Waals surface area contributed by atoms with E-state index in [1.807, 2.05) is 6.92 Å². The summed E-state index contributed by atoms with van der Waals surface area (Å²) in [4.78, 5) is 10.8. The Morgan fingerprint density at radius 2 is 1.88 bits per heavy atom. The molecule has 3 N–H and O–H groups in total. The zero-order valence-corrected chi connectivity index (χ0v) is 15.5. The summed E-state index contributed by atoms with van der Waals surface area (Å²) in [6, 6.07) is 0. The lowest BCUT2D eigenvalue weighted by Crippen LogP contribution is -2.27. The van der Waals surface area contributed by atoms with Gasteiger partial charge in [0.2, 0.25) is 0 Å². The van der Waals surface area contributed by atoms with Crippen LogP contribution in [0.4, 0.5) is 0 Å². The zero-order valence-electron chi connectivity index (χ0n) is 15.5. The minimum atomic E-state index is -1.21. The Morgan fingerprint density at radius 3 is 2.27 bits per heavy atom. The summed E-state index contributed by atoms with van der Waals surface area (Å²) in [5.74, 6) is 3.66. The molecule has 4 atom stereocenters. The van der Waals surface area contributed by atoms with Crippen molar-refractivity contribution in [3.05, 3.63) is 23.8 Å². The van der Waals surface area contributed by atoms with Crippen molar-refractivity contribution in [2.24, 2.45) is 5.41 Å². The predicted molar refractivity (Wildman–Crippen MR) is 99.2 cm³/mol. The topological polar surface area (TPSA) is 96.2 Å². The van der Waals surface area contributed by atoms with E-state index in [0.29, 0.717) is 18.8 Å². The molecule has 0 radical (unpaired) electrons. The van der Waals surface area contributed by atoms with Crippen LogP contribution >= 0.6 is 0 Å². The number of hydrogen-bond acceptors (Lipinski definition) is 5. The van der Waals surface area contributed by atoms with Crippen LogP contribution < -0.4 is 0 Å². The molecule has 0 saturated heterocycles. The van der Waals surface area contributed by atoms with E-state index >= 15 is 0 Å². The summed E-state index contributed by atoms with van der Waals surface area (Å²) < 4.78 is 10.5. The van der Waals surface area contributed by atoms with Crippen molar-refractivity contribution in [2.45, 2.75) is 45.5 Å². The number of aliphatic hydroxyl groups excluding tert-OH is 2. The second kappa shape index (κ2) is 12.3. The van der Waals surface area contributed by atoms with E-state index in [-0.39, 0.29) is 25.2 Å². The van der Waals surface area contributed by atoms with Gasteiger partial charge in [-0.3, -0.25) is 4.79 Å². The summed E-state index contributed by atoms with van der Waals surface area (Å²) in [6.07, 6.45) is 14.6. The van der Waals surface area contributed by atoms with Crippen molar-refractivity contribution >= 4 is 5.97 Å². The molecule has 0 spiro atoms. The molecule has 6 nitrogen and oxygen atoms in total. The van der Waals surface area contributed by atoms with Gasteiger partial charge in [0, 0.05) is 5.57 Å². The minimum absolute atomic E-state index is 0.0170. The van der Waals surface area contributed by atoms with Crippen molar-refractivity contribution < 1.29 is 29.6 Å². The Morgan fingerprint density at radius 1 is 1.27 bits per heavy atom. The van der Waals surface area contributed by atoms with Gasteiger partial charge in [0.1, 0.15) is 5.41 Å². The second-order valence-electron chi connectivity index (χ2n) is 6.08. The fourth-order valence-electron chi connectivity index (χ4n) is 1.78. The van der Waals surface area contributed by atoms with Crippen molar-refractivity contribution in [3.63, 3.8) is 0 Å². The number of hydrogen-bond donors (Lipinski definition) is 3. The highest BCUT2D eigenvalue weighted by Crippen LogP contribution is 2.29. The van der Waals surface area contributed by atoms with Gasteiger partial charge in [-0.05, 0) is 33.3 Å². The Bertz CT molecular complexity index is 578. The Hall–Kier alpha value is -2.09. The Kier molecular flexibility index (Phi) is 11.3. The van der Waals surface area contributed by atoms with Crippen LogP contribution in [-0.2, 0) is 14.3 Å². The molecule has 0 saturated carbocycles. The third-order valence-electron chi connectivity index (χ3n) is 3.49. The Labute approximate surface area is 155 Å². The molecular formula is C20H28O6. The van der Waals surface area contributed by atoms with Crippen molar-refractivity contribution in [1.82, 2.24) is 0 Å². The molecule has 6 heteroatoms. The van der Waals surface area contributed by atoms with Crippen LogP contribution in [0.5, 0.6) is 0 Å². The lowest BCUT2D eigenvalue weighted by molar-refractivity contribution is -0.143. The lowest BCUT2D eigenvalue weighted by atomic mass is 9.81. The van der Waals surface area contributed by atoms with Gasteiger partial charge in [0.15, 0.2) is 0 Å². The second-order valence-corrected chi connectivity index (χ2v) is 6.08. The first-order valence-electron chi connectivity index (χ1n) is 8.30. The molecule has 1 aliphatic rings. The number of carbonyl (C=O) groups is 1. The number of allylic oxidation sites excluding steroid dienone is 3. The quantitative estimate of drug-likeness (QED) is 0.563. The molecular weight excluding hydrogens is 336 g/mol. The first-order valence-corrected chi connectivity index (χ1v) is 8.30. The van der Waals surface area contributed by atoms with Gasteiger partial charge in [0.25, 0.3) is 0 Å². The van der Waals surface area contributed by atoms with E-state index in [1.165, 1.54) is 6.08 Å². The summed E-state index contributed by atoms with van der Waals surface area (Å²) in [6.45, 7) is 6.10. The van der Waals surface area contributed by atoms with E-state index in [0.717, 1.165) is 0 Å². The average molecular weight is 364 g/mol. The largest absolute Gasteiger partial charge is 0.480 e. The summed E-state index contributed by atoms with van der Waals surface area (Å²) in [7, 11) is 0. The maximum Gasteiger partial charge on any atom is 0.326 e. The van der Waals surface area contributed by atoms with Crippen LogP contribution in [0, 0.1) is 30.1 Å². The molecule has 0 heterocycles. The molecule has 1 rings (SSSR count). The maximum atomic E-state index is 10.8. The molecule has 0 aliphatic heterocycles. The van der Waals surface area contributed by atoms with Crippen LogP contribution in [-0.4, -0.2) is 59.4 Å². The molecule has 0 aromatic rings. The first kappa shape index (κ1) is 23.9. The van der Waals surface area contributed by atoms with Gasteiger partial charge in [-0.25, -0.2) is 0 Å². The highest BCUT2D eigenvalue weighted by molar-refractivity contribution is 5.82. The SMILES string of the molecule is C#CC1=CCC(C#C)(C(=O)O)C=C1.CC(O)COC(C)COC(C)CO. The standard InChI is InChI=1S/C11H8O2.C9H20O4/c1-3-9-5-7-11(4-2,8-6-9)10(12)13;1-7(11)5-12-9(3)6-13-8(2)4-10/h1-2,5-7H,8H2,(H,12,13);7-11H,4-6H2,1-3H3. The van der Waals surface area contributed by atoms with Crippen molar-refractivity contribution in [2.75, 3.05) is 19.8 Å². The normalized spacial score (nSPS) is 21.9. The van der Waals surface area contributed by atoms with Crippen LogP contribution in [0.15, 0.2) is 23.8 Å². The number of terminal acetylenes is 2. The van der Waals surface area contributed by atoms with E-state index in [9.17, 15) is 4.79 Å². The molecule has 144 valence electrons. The number of carboxylic acids is 1. The van der Waals surface area contributed by atoms with Crippen LogP contribution in [0.3, 0.4) is 0 Å². The monoisotopic (exact) mass is 364 g/mol. The third-order valence-corrected chi connectivity index (χ3v) is 3.49. The molecule has 0 aromatic carbocycles. The number of carboxylic acid groups (broad SMARTS) is 1. The number of aliphatic carboxylic acids is 1. The highest BCUT2D eigenvalue weighted by atomic mass is 16.5. The third kappa shape index (κ3) is 8.84. The van der Waals surface area contributed by atoms with Gasteiger partial charge in [0.05, 0.1) is 38.1 Å². The van der Waals surface area contributed by atoms with Gasteiger partial charge in [-0.1, -0.05) is 24.0 Å². The maximum absolute atomic E-state index is 10.8. The Balaban J connectivity index is 0.000000481. The smallest absolute Gasteiger partial charge is 0.326 e. The minimum Gasteiger partial charge on any atom is -0.480 e. The van der Waals surface area contributed by atoms with E-state index in [2.05, 4.69) is 11.8 Å². The highest BCUT2D eigenvalue weighted by Gasteiger charge is 2.34. The summed E-state index contributed by atoms with van der Waals surface area (Å²) in [5.41, 5.74) is -0.535. The lowest BCUT2D eigenvalue weighted by Gasteiger charge is -2.20. The number of rotatable bonds is 8. The van der Waals surface area contributed by atoms with Gasteiger partial charge in [-0.2, -0.15) is 0 Å². The molecule has 0 fully saturated rings. The van der Waals surface area contributed by atoms with E-state index in [4.69, 9.17) is 37.6 Å². The summed E-state index contributed by atoms with van der Waals surface area (Å²) in [5, 5.41) is 26.5. The van der Waals surface area contributed by atoms with E-state index in [1.54, 1.807) is 26.0 Å².